The largest absolute Gasteiger partial charge is 4.00 e. The molecule has 2 nitrogen and oxygen atoms in total. The van der Waals surface area contributed by atoms with Crippen molar-refractivity contribution >= 4 is 0 Å². The predicted octanol–water partition coefficient (Wildman–Crippen LogP) is 5.55. The van der Waals surface area contributed by atoms with Crippen molar-refractivity contribution < 1.29 is 25.8 Å². The van der Waals surface area contributed by atoms with Gasteiger partial charge >= 0.3 is 25.8 Å². The van der Waals surface area contributed by atoms with Crippen molar-refractivity contribution in [3.05, 3.63) is 120 Å². The van der Waals surface area contributed by atoms with Crippen molar-refractivity contribution in [1.82, 2.24) is 0 Å². The van der Waals surface area contributed by atoms with E-state index >= 15 is 0 Å². The number of nitrogens with zero attached hydrogens (tertiary/aromatic N) is 2. The van der Waals surface area contributed by atoms with Gasteiger partial charge in [-0.3, -0.25) is 0 Å². The fourth-order valence-electron chi connectivity index (χ4n) is 3.14. The molecule has 0 saturated heterocycles. The molecule has 10 radical (unpaired) electrons. The molecular weight excluding hydrogens is 495 g/mol. The molecule has 4 aliphatic carbocycles. The summed E-state index contributed by atoms with van der Waals surface area (Å²) < 4.78 is 0. The molecule has 0 amide bonds. The molecule has 2 fully saturated rings. The van der Waals surface area contributed by atoms with Gasteiger partial charge in [-0.05, 0) is 50.4 Å². The first-order valence-electron chi connectivity index (χ1n) is 8.97. The molecule has 0 atom stereocenters. The zero-order chi connectivity index (χ0) is 18.8. The molecule has 4 rings (SSSR count). The van der Waals surface area contributed by atoms with Gasteiger partial charge in [0.05, 0.1) is 0 Å². The van der Waals surface area contributed by atoms with E-state index in [0.29, 0.717) is 0 Å². The van der Waals surface area contributed by atoms with Gasteiger partial charge in [-0.15, -0.1) is 0 Å². The van der Waals surface area contributed by atoms with E-state index < -0.39 is 0 Å². The Kier molecular flexibility index (Phi) is 12.7. The Morgan fingerprint density at radius 3 is 1.26 bits per heavy atom. The van der Waals surface area contributed by atoms with E-state index in [4.69, 9.17) is 0 Å². The maximum Gasteiger partial charge on any atom is 4.00 e. The van der Waals surface area contributed by atoms with Crippen LogP contribution < -0.4 is 0 Å². The van der Waals surface area contributed by atoms with Crippen molar-refractivity contribution in [2.45, 2.75) is 12.8 Å². The summed E-state index contributed by atoms with van der Waals surface area (Å²) in [5.41, 5.74) is 0. The molecule has 27 heavy (non-hydrogen) atoms. The zero-order valence-electron chi connectivity index (χ0n) is 16.7. The standard InChI is InChI=1S/C20H16.2C2H6N.Hf/c1-3-7-19-15(5-1)9-11-17(19)13-14-18-12-10-16-6-2-4-8-20(16)18;2*1-3-2;/h1-12H,13-14H2;2*1-2H3;/q;2*-1;+4. The van der Waals surface area contributed by atoms with E-state index in [1.165, 1.54) is 35.5 Å². The van der Waals surface area contributed by atoms with Gasteiger partial charge in [0.1, 0.15) is 0 Å². The summed E-state index contributed by atoms with van der Waals surface area (Å²) in [5.74, 6) is 8.45. The van der Waals surface area contributed by atoms with Gasteiger partial charge in [-0.1, -0.05) is 48.6 Å². The minimum atomic E-state index is 0. The molecule has 0 aliphatic heterocycles. The van der Waals surface area contributed by atoms with Crippen LogP contribution >= 0.6 is 0 Å². The normalized spacial score (nSPS) is 22.5. The van der Waals surface area contributed by atoms with Gasteiger partial charge in [0, 0.05) is 23.7 Å². The molecule has 0 heterocycles. The van der Waals surface area contributed by atoms with E-state index in [9.17, 15) is 0 Å². The molecule has 0 bridgehead atoms. The monoisotopic (exact) mass is 524 g/mol. The predicted molar refractivity (Wildman–Crippen MR) is 113 cm³/mol. The van der Waals surface area contributed by atoms with Gasteiger partial charge in [0.25, 0.3) is 0 Å². The van der Waals surface area contributed by atoms with Gasteiger partial charge in [-0.2, -0.15) is 28.2 Å². The van der Waals surface area contributed by atoms with Crippen LogP contribution in [0.1, 0.15) is 12.8 Å². The first-order chi connectivity index (χ1) is 12.7. The number of rotatable bonds is 3. The van der Waals surface area contributed by atoms with Crippen LogP contribution in [0.5, 0.6) is 0 Å². The fourth-order valence-corrected chi connectivity index (χ4v) is 3.14. The molecule has 136 valence electrons. The molecular formula is C24H28HfN2+2. The van der Waals surface area contributed by atoms with E-state index in [-0.39, 0.29) is 25.8 Å². The number of allylic oxidation sites excluding steroid dienone is 8. The van der Waals surface area contributed by atoms with Crippen molar-refractivity contribution in [3.63, 3.8) is 0 Å². The summed E-state index contributed by atoms with van der Waals surface area (Å²) in [7, 11) is 7.00. The second kappa shape index (κ2) is 13.8. The molecule has 2 saturated carbocycles. The third-order valence-corrected chi connectivity index (χ3v) is 4.21. The van der Waals surface area contributed by atoms with Gasteiger partial charge in [0.2, 0.25) is 0 Å². The van der Waals surface area contributed by atoms with Gasteiger partial charge in [0.15, 0.2) is 0 Å². The third kappa shape index (κ3) is 7.25. The number of hydrogen-bond donors (Lipinski definition) is 0. The first kappa shape index (κ1) is 24.8. The Hall–Kier alpha value is -0.250. The Labute approximate surface area is 186 Å². The van der Waals surface area contributed by atoms with Crippen LogP contribution in [0.3, 0.4) is 0 Å². The van der Waals surface area contributed by atoms with E-state index in [1.54, 1.807) is 28.2 Å². The van der Waals surface area contributed by atoms with E-state index in [2.05, 4.69) is 84.9 Å². The van der Waals surface area contributed by atoms with Crippen molar-refractivity contribution in [2.24, 2.45) is 0 Å². The zero-order valence-corrected chi connectivity index (χ0v) is 20.3. The Morgan fingerprint density at radius 2 is 0.889 bits per heavy atom. The number of fused-ring (bicyclic) bond motifs is 2. The Morgan fingerprint density at radius 1 is 0.556 bits per heavy atom. The molecule has 4 aliphatic rings. The van der Waals surface area contributed by atoms with Crippen LogP contribution in [0, 0.1) is 61.2 Å². The second-order valence-corrected chi connectivity index (χ2v) is 6.29. The Bertz CT molecular complexity index is 463. The van der Waals surface area contributed by atoms with Crippen LogP contribution in [-0.2, 0) is 25.8 Å². The van der Waals surface area contributed by atoms with Crippen LogP contribution in [-0.4, -0.2) is 28.2 Å². The molecule has 0 aromatic heterocycles. The van der Waals surface area contributed by atoms with Crippen LogP contribution in [0.15, 0.2) is 48.6 Å². The summed E-state index contributed by atoms with van der Waals surface area (Å²) in [6, 6.07) is 0. The summed E-state index contributed by atoms with van der Waals surface area (Å²) in [4.78, 5) is 0. The molecule has 0 unspecified atom stereocenters. The summed E-state index contributed by atoms with van der Waals surface area (Å²) >= 11 is 0. The average Bonchev–Trinajstić information content (AvgIpc) is 3.25. The maximum absolute atomic E-state index is 3.50. The third-order valence-electron chi connectivity index (χ3n) is 4.21. The smallest absolute Gasteiger partial charge is 0.668 e. The summed E-state index contributed by atoms with van der Waals surface area (Å²) in [5, 5.41) is 7.00. The Balaban J connectivity index is 0.000000466. The molecule has 0 spiro atoms. The summed E-state index contributed by atoms with van der Waals surface area (Å²) in [6.07, 6.45) is 28.5. The van der Waals surface area contributed by atoms with Crippen molar-refractivity contribution in [3.8, 4) is 0 Å². The molecule has 3 heteroatoms. The summed E-state index contributed by atoms with van der Waals surface area (Å²) in [6.45, 7) is 0. The minimum Gasteiger partial charge on any atom is -0.668 e. The van der Waals surface area contributed by atoms with Gasteiger partial charge in [-0.25, -0.2) is 0 Å². The topological polar surface area (TPSA) is 28.2 Å². The first-order valence-corrected chi connectivity index (χ1v) is 8.97. The number of hydrogen-bond acceptors (Lipinski definition) is 0. The van der Waals surface area contributed by atoms with Crippen LogP contribution in [0.4, 0.5) is 0 Å². The molecule has 0 aromatic carbocycles. The quantitative estimate of drug-likeness (QED) is 0.435. The van der Waals surface area contributed by atoms with E-state index in [0.717, 1.165) is 12.8 Å². The van der Waals surface area contributed by atoms with Crippen LogP contribution in [0.2, 0.25) is 0 Å². The maximum atomic E-state index is 3.50. The van der Waals surface area contributed by atoms with Crippen LogP contribution in [0.25, 0.3) is 10.6 Å². The molecule has 0 N–H and O–H groups in total. The van der Waals surface area contributed by atoms with Crippen molar-refractivity contribution in [1.29, 1.82) is 0 Å². The molecule has 0 aromatic rings. The minimum absolute atomic E-state index is 0. The second-order valence-electron chi connectivity index (χ2n) is 6.29. The van der Waals surface area contributed by atoms with Crippen molar-refractivity contribution in [2.75, 3.05) is 28.2 Å². The fraction of sp³-hybridized carbons (Fsp3) is 0.250. The SMILES string of the molecule is C[N-]C.C[N-]C.[CH]1[CH][C](CC[C]2[CH][CH][C]3C=CC=C[C]32)[C]2C=CC=C[C]12.[Hf+4]. The average molecular weight is 523 g/mol. The van der Waals surface area contributed by atoms with Gasteiger partial charge < -0.3 is 10.6 Å². The van der Waals surface area contributed by atoms with E-state index in [1.807, 2.05) is 0 Å².